The van der Waals surface area contributed by atoms with Crippen LogP contribution in [0.3, 0.4) is 0 Å². The second-order valence-corrected chi connectivity index (χ2v) is 7.90. The predicted octanol–water partition coefficient (Wildman–Crippen LogP) is 1.23. The predicted molar refractivity (Wildman–Crippen MR) is 88.7 cm³/mol. The van der Waals surface area contributed by atoms with E-state index in [9.17, 15) is 8.42 Å². The Labute approximate surface area is 133 Å². The molecule has 5 nitrogen and oxygen atoms in total. The van der Waals surface area contributed by atoms with Crippen LogP contribution in [0.15, 0.2) is 4.99 Å². The molecule has 7 heteroatoms. The van der Waals surface area contributed by atoms with Gasteiger partial charge in [0.25, 0.3) is 0 Å². The number of halogens is 1. The molecule has 0 aromatic carbocycles. The van der Waals surface area contributed by atoms with Crippen LogP contribution < -0.4 is 5.73 Å². The van der Waals surface area contributed by atoms with Crippen LogP contribution in [0.2, 0.25) is 0 Å². The SMILES string of the molecule is CC1CCN(C(N)=NCC2CCCS2(=O)=O)CC1.I. The number of sulfone groups is 1. The number of hydrogen-bond donors (Lipinski definition) is 1. The summed E-state index contributed by atoms with van der Waals surface area (Å²) in [6, 6.07) is 0. The molecule has 2 N–H and O–H groups in total. The topological polar surface area (TPSA) is 75.8 Å². The van der Waals surface area contributed by atoms with Crippen LogP contribution in [0.25, 0.3) is 0 Å². The molecular weight excluding hydrogens is 377 g/mol. The van der Waals surface area contributed by atoms with Crippen molar-refractivity contribution in [1.29, 1.82) is 0 Å². The number of piperidine rings is 1. The summed E-state index contributed by atoms with van der Waals surface area (Å²) in [5, 5.41) is -0.306. The maximum Gasteiger partial charge on any atom is 0.191 e. The van der Waals surface area contributed by atoms with Crippen molar-refractivity contribution in [2.24, 2.45) is 16.6 Å². The van der Waals surface area contributed by atoms with Crippen LogP contribution in [0.4, 0.5) is 0 Å². The van der Waals surface area contributed by atoms with Crippen molar-refractivity contribution < 1.29 is 8.42 Å². The zero-order chi connectivity index (χ0) is 13.2. The summed E-state index contributed by atoms with van der Waals surface area (Å²) in [6.07, 6.45) is 3.77. The number of hydrogen-bond acceptors (Lipinski definition) is 3. The van der Waals surface area contributed by atoms with Gasteiger partial charge in [-0.1, -0.05) is 6.92 Å². The zero-order valence-corrected chi connectivity index (χ0v) is 14.6. The summed E-state index contributed by atoms with van der Waals surface area (Å²) in [5.74, 6) is 1.59. The molecule has 0 radical (unpaired) electrons. The van der Waals surface area contributed by atoms with Crippen LogP contribution >= 0.6 is 24.0 Å². The van der Waals surface area contributed by atoms with E-state index in [0.717, 1.165) is 44.7 Å². The molecule has 2 rings (SSSR count). The molecule has 0 aromatic heterocycles. The van der Waals surface area contributed by atoms with Gasteiger partial charge in [-0.2, -0.15) is 0 Å². The van der Waals surface area contributed by atoms with Gasteiger partial charge in [-0.25, -0.2) is 8.42 Å². The number of guanidine groups is 1. The van der Waals surface area contributed by atoms with E-state index in [1.807, 2.05) is 0 Å². The number of nitrogens with two attached hydrogens (primary N) is 1. The molecule has 2 fully saturated rings. The summed E-state index contributed by atoms with van der Waals surface area (Å²) in [4.78, 5) is 6.36. The Morgan fingerprint density at radius 2 is 1.95 bits per heavy atom. The van der Waals surface area contributed by atoms with Gasteiger partial charge in [0.15, 0.2) is 15.8 Å². The molecule has 0 aliphatic carbocycles. The van der Waals surface area contributed by atoms with Crippen LogP contribution in [0, 0.1) is 5.92 Å². The van der Waals surface area contributed by atoms with Gasteiger partial charge in [-0.3, -0.25) is 4.99 Å². The van der Waals surface area contributed by atoms with Crippen LogP contribution in [-0.2, 0) is 9.84 Å². The van der Waals surface area contributed by atoms with E-state index < -0.39 is 9.84 Å². The fraction of sp³-hybridized carbons (Fsp3) is 0.917. The molecule has 0 bridgehead atoms. The minimum Gasteiger partial charge on any atom is -0.370 e. The molecule has 2 saturated heterocycles. The first-order valence-corrected chi connectivity index (χ1v) is 8.47. The first kappa shape index (κ1) is 17.0. The molecule has 19 heavy (non-hydrogen) atoms. The van der Waals surface area contributed by atoms with Gasteiger partial charge in [0, 0.05) is 13.1 Å². The van der Waals surface area contributed by atoms with Crippen molar-refractivity contribution in [3.05, 3.63) is 0 Å². The van der Waals surface area contributed by atoms with Crippen LogP contribution in [0.1, 0.15) is 32.6 Å². The van der Waals surface area contributed by atoms with Gasteiger partial charge >= 0.3 is 0 Å². The molecule has 0 saturated carbocycles. The number of nitrogens with zero attached hydrogens (tertiary/aromatic N) is 2. The fourth-order valence-corrected chi connectivity index (χ4v) is 4.33. The molecule has 1 unspecified atom stereocenters. The van der Waals surface area contributed by atoms with E-state index in [1.54, 1.807) is 0 Å². The molecule has 2 aliphatic rings. The number of rotatable bonds is 2. The first-order chi connectivity index (χ1) is 8.49. The highest BCUT2D eigenvalue weighted by Crippen LogP contribution is 2.20. The van der Waals surface area contributed by atoms with Gasteiger partial charge in [-0.15, -0.1) is 24.0 Å². The van der Waals surface area contributed by atoms with E-state index in [1.165, 1.54) is 0 Å². The lowest BCUT2D eigenvalue weighted by atomic mass is 10.00. The zero-order valence-electron chi connectivity index (χ0n) is 11.4. The van der Waals surface area contributed by atoms with E-state index in [-0.39, 0.29) is 29.2 Å². The molecule has 1 atom stereocenters. The van der Waals surface area contributed by atoms with Gasteiger partial charge < -0.3 is 10.6 Å². The molecule has 0 spiro atoms. The highest BCUT2D eigenvalue weighted by atomic mass is 127. The Balaban J connectivity index is 0.00000180. The molecular formula is C12H24IN3O2S. The van der Waals surface area contributed by atoms with Crippen LogP contribution in [0.5, 0.6) is 0 Å². The maximum absolute atomic E-state index is 11.7. The second kappa shape index (κ2) is 7.10. The summed E-state index contributed by atoms with van der Waals surface area (Å²) in [6.45, 7) is 4.46. The van der Waals surface area contributed by atoms with Gasteiger partial charge in [-0.05, 0) is 31.6 Å². The van der Waals surface area contributed by atoms with Crippen LogP contribution in [-0.4, -0.2) is 49.9 Å². The molecule has 0 aromatic rings. The minimum absolute atomic E-state index is 0. The average Bonchev–Trinajstić information content (AvgIpc) is 2.66. The van der Waals surface area contributed by atoms with E-state index in [2.05, 4.69) is 16.8 Å². The van der Waals surface area contributed by atoms with Crippen molar-refractivity contribution in [2.75, 3.05) is 25.4 Å². The maximum atomic E-state index is 11.7. The monoisotopic (exact) mass is 401 g/mol. The second-order valence-electron chi connectivity index (χ2n) is 5.50. The molecule has 2 aliphatic heterocycles. The van der Waals surface area contributed by atoms with Crippen molar-refractivity contribution in [3.63, 3.8) is 0 Å². The van der Waals surface area contributed by atoms with E-state index in [4.69, 9.17) is 5.73 Å². The standard InChI is InChI=1S/C12H23N3O2S.HI/c1-10-4-6-15(7-5-10)12(13)14-9-11-3-2-8-18(11,16)17;/h10-11H,2-9H2,1H3,(H2,13,14);1H. The summed E-state index contributed by atoms with van der Waals surface area (Å²) in [7, 11) is -2.90. The quantitative estimate of drug-likeness (QED) is 0.429. The third kappa shape index (κ3) is 4.47. The summed E-state index contributed by atoms with van der Waals surface area (Å²) < 4.78 is 23.3. The Morgan fingerprint density at radius 3 is 2.47 bits per heavy atom. The van der Waals surface area contributed by atoms with Gasteiger partial charge in [0.05, 0.1) is 17.5 Å². The smallest absolute Gasteiger partial charge is 0.191 e. The highest BCUT2D eigenvalue weighted by Gasteiger charge is 2.31. The highest BCUT2D eigenvalue weighted by molar-refractivity contribution is 14.0. The van der Waals surface area contributed by atoms with Crippen molar-refractivity contribution in [3.8, 4) is 0 Å². The number of aliphatic imine (C=N–C) groups is 1. The van der Waals surface area contributed by atoms with Gasteiger partial charge in [0.2, 0.25) is 0 Å². The lowest BCUT2D eigenvalue weighted by Gasteiger charge is -2.31. The molecule has 2 heterocycles. The van der Waals surface area contributed by atoms with Crippen molar-refractivity contribution in [1.82, 2.24) is 4.90 Å². The summed E-state index contributed by atoms with van der Waals surface area (Å²) >= 11 is 0. The molecule has 112 valence electrons. The Hall–Kier alpha value is -0.0500. The third-order valence-electron chi connectivity index (χ3n) is 4.03. The Morgan fingerprint density at radius 1 is 1.32 bits per heavy atom. The third-order valence-corrected chi connectivity index (χ3v) is 6.29. The largest absolute Gasteiger partial charge is 0.370 e. The number of likely N-dealkylation sites (tertiary alicyclic amines) is 1. The first-order valence-electron chi connectivity index (χ1n) is 6.75. The molecule has 0 amide bonds. The van der Waals surface area contributed by atoms with E-state index >= 15 is 0 Å². The summed E-state index contributed by atoms with van der Waals surface area (Å²) in [5.41, 5.74) is 5.94. The Bertz CT molecular complexity index is 417. The lowest BCUT2D eigenvalue weighted by Crippen LogP contribution is -2.43. The normalized spacial score (nSPS) is 28.2. The fourth-order valence-electron chi connectivity index (χ4n) is 2.60. The average molecular weight is 401 g/mol. The van der Waals surface area contributed by atoms with Gasteiger partial charge in [0.1, 0.15) is 0 Å². The Kier molecular flexibility index (Phi) is 6.35. The lowest BCUT2D eigenvalue weighted by molar-refractivity contribution is 0.277. The van der Waals surface area contributed by atoms with Crippen molar-refractivity contribution in [2.45, 2.75) is 37.9 Å². The minimum atomic E-state index is -2.90. The van der Waals surface area contributed by atoms with Crippen molar-refractivity contribution >= 4 is 39.8 Å². The van der Waals surface area contributed by atoms with E-state index in [0.29, 0.717) is 18.3 Å².